The molecule has 3 saturated carbocycles. The molecule has 1 aromatic carbocycles. The van der Waals surface area contributed by atoms with Gasteiger partial charge in [0.25, 0.3) is 5.91 Å². The van der Waals surface area contributed by atoms with Crippen LogP contribution in [-0.2, 0) is 14.3 Å². The SMILES string of the molecule is CO[C@H]1CC[C@@]2(C)C(CC[C@@H]3[C@@H]2CC[C@@]2(C)[C@H]3CCCN2C(=O)[C@H]2CC[C@@H](F)CO2)[C@H]1Oc1ccccc1. The highest BCUT2D eigenvalue weighted by molar-refractivity contribution is 5.82. The number of amides is 1. The van der Waals surface area contributed by atoms with Crippen LogP contribution in [0, 0.1) is 29.1 Å². The van der Waals surface area contributed by atoms with Crippen molar-refractivity contribution in [2.75, 3.05) is 20.3 Å². The number of carbonyl (C=O) groups is 1. The number of alkyl halides is 1. The molecule has 6 rings (SSSR count). The molecule has 2 aliphatic heterocycles. The van der Waals surface area contributed by atoms with Gasteiger partial charge in [-0.1, -0.05) is 25.1 Å². The smallest absolute Gasteiger partial charge is 0.252 e. The molecule has 10 atom stereocenters. The van der Waals surface area contributed by atoms with Crippen molar-refractivity contribution < 1.29 is 23.4 Å². The van der Waals surface area contributed by atoms with Crippen LogP contribution in [0.5, 0.6) is 5.75 Å². The van der Waals surface area contributed by atoms with Gasteiger partial charge in [0, 0.05) is 25.1 Å². The van der Waals surface area contributed by atoms with Crippen LogP contribution in [0.1, 0.15) is 78.1 Å². The number of piperidine rings is 1. The highest BCUT2D eigenvalue weighted by Crippen LogP contribution is 2.64. The van der Waals surface area contributed by atoms with E-state index >= 15 is 0 Å². The lowest BCUT2D eigenvalue weighted by Gasteiger charge is -2.65. The molecular formula is C32H46FNO4. The Kier molecular flexibility index (Phi) is 7.26. The predicted octanol–water partition coefficient (Wildman–Crippen LogP) is 6.20. The van der Waals surface area contributed by atoms with Crippen molar-refractivity contribution in [3.63, 3.8) is 0 Å². The molecule has 5 nitrogen and oxygen atoms in total. The summed E-state index contributed by atoms with van der Waals surface area (Å²) in [6, 6.07) is 10.2. The van der Waals surface area contributed by atoms with E-state index in [9.17, 15) is 9.18 Å². The van der Waals surface area contributed by atoms with Crippen molar-refractivity contribution >= 4 is 5.91 Å². The number of likely N-dealkylation sites (tertiary alicyclic amines) is 1. The highest BCUT2D eigenvalue weighted by Gasteiger charge is 2.62. The summed E-state index contributed by atoms with van der Waals surface area (Å²) in [5, 5.41) is 0. The molecule has 210 valence electrons. The van der Waals surface area contributed by atoms with Gasteiger partial charge in [-0.25, -0.2) is 4.39 Å². The zero-order valence-electron chi connectivity index (χ0n) is 23.4. The number of fused-ring (bicyclic) bond motifs is 5. The second-order valence-corrected chi connectivity index (χ2v) is 13.3. The van der Waals surface area contributed by atoms with E-state index in [2.05, 4.69) is 30.9 Å². The number of para-hydroxylation sites is 1. The van der Waals surface area contributed by atoms with Crippen molar-refractivity contribution in [1.82, 2.24) is 4.90 Å². The van der Waals surface area contributed by atoms with E-state index in [-0.39, 0.29) is 35.7 Å². The van der Waals surface area contributed by atoms with E-state index < -0.39 is 12.3 Å². The molecule has 1 amide bonds. The third-order valence-electron chi connectivity index (χ3n) is 11.6. The zero-order valence-corrected chi connectivity index (χ0v) is 23.4. The number of methoxy groups -OCH3 is 1. The maximum Gasteiger partial charge on any atom is 0.252 e. The van der Waals surface area contributed by atoms with Gasteiger partial charge in [-0.2, -0.15) is 0 Å². The molecule has 2 saturated heterocycles. The first-order chi connectivity index (χ1) is 18.3. The molecule has 0 aromatic heterocycles. The minimum atomic E-state index is -0.932. The number of carbonyl (C=O) groups excluding carboxylic acids is 1. The average molecular weight is 528 g/mol. The molecule has 2 heterocycles. The standard InChI is InChI=1S/C32H46FNO4/c1-31-17-16-27(36-3)29(38-22-8-5-4-6-9-22)26(31)13-12-23-24(31)15-18-32(2)25(23)10-7-19-34(32)30(35)28-14-11-21(33)20-37-28/h4-6,8-9,21,23-29H,7,10-20H2,1-3H3/t21-,23-,24+,25+,26?,27+,28-,29-,31-,32+/m1/s1. The van der Waals surface area contributed by atoms with Crippen LogP contribution >= 0.6 is 0 Å². The van der Waals surface area contributed by atoms with Crippen molar-refractivity contribution in [2.45, 2.75) is 108 Å². The van der Waals surface area contributed by atoms with Gasteiger partial charge in [0.1, 0.15) is 24.1 Å². The number of hydrogen-bond donors (Lipinski definition) is 0. The Balaban J connectivity index is 1.23. The summed E-state index contributed by atoms with van der Waals surface area (Å²) in [7, 11) is 1.84. The Morgan fingerprint density at radius 3 is 2.53 bits per heavy atom. The van der Waals surface area contributed by atoms with E-state index in [1.54, 1.807) is 0 Å². The molecule has 1 unspecified atom stereocenters. The van der Waals surface area contributed by atoms with Gasteiger partial charge in [0.2, 0.25) is 0 Å². The first-order valence-corrected chi connectivity index (χ1v) is 15.2. The minimum Gasteiger partial charge on any atom is -0.487 e. The minimum absolute atomic E-state index is 0.0590. The number of rotatable bonds is 4. The number of benzene rings is 1. The molecule has 0 radical (unpaired) electrons. The van der Waals surface area contributed by atoms with Gasteiger partial charge >= 0.3 is 0 Å². The summed E-state index contributed by atoms with van der Waals surface area (Å²) < 4.78 is 32.1. The Labute approximate surface area is 227 Å². The Bertz CT molecular complexity index is 983. The maximum atomic E-state index is 13.7. The van der Waals surface area contributed by atoms with Crippen molar-refractivity contribution in [1.29, 1.82) is 0 Å². The molecule has 1 aromatic rings. The number of hydrogen-bond acceptors (Lipinski definition) is 4. The molecule has 6 heteroatoms. The average Bonchev–Trinajstić information content (AvgIpc) is 2.93. The summed E-state index contributed by atoms with van der Waals surface area (Å²) in [6.07, 6.45) is 8.75. The topological polar surface area (TPSA) is 48.0 Å². The summed E-state index contributed by atoms with van der Waals surface area (Å²) in [6.45, 7) is 5.76. The summed E-state index contributed by atoms with van der Waals surface area (Å²) in [5.41, 5.74) is 0.0902. The van der Waals surface area contributed by atoms with Crippen LogP contribution in [0.2, 0.25) is 0 Å². The third kappa shape index (κ3) is 4.38. The van der Waals surface area contributed by atoms with Crippen molar-refractivity contribution in [3.05, 3.63) is 30.3 Å². The van der Waals surface area contributed by atoms with Crippen LogP contribution in [-0.4, -0.2) is 61.1 Å². The summed E-state index contributed by atoms with van der Waals surface area (Å²) in [4.78, 5) is 15.9. The number of halogens is 1. The second-order valence-electron chi connectivity index (χ2n) is 13.3. The molecule has 3 aliphatic carbocycles. The first kappa shape index (κ1) is 26.6. The van der Waals surface area contributed by atoms with Crippen molar-refractivity contribution in [3.8, 4) is 5.75 Å². The Hall–Kier alpha value is -1.66. The molecule has 0 N–H and O–H groups in total. The fourth-order valence-electron chi connectivity index (χ4n) is 9.67. The van der Waals surface area contributed by atoms with E-state index in [0.717, 1.165) is 44.4 Å². The van der Waals surface area contributed by atoms with Crippen LogP contribution in [0.3, 0.4) is 0 Å². The lowest BCUT2D eigenvalue weighted by atomic mass is 9.44. The van der Waals surface area contributed by atoms with Gasteiger partial charge in [-0.15, -0.1) is 0 Å². The van der Waals surface area contributed by atoms with Crippen molar-refractivity contribution in [2.24, 2.45) is 29.1 Å². The van der Waals surface area contributed by atoms with Gasteiger partial charge < -0.3 is 19.1 Å². The second kappa shape index (κ2) is 10.4. The highest BCUT2D eigenvalue weighted by atomic mass is 19.1. The molecule has 5 fully saturated rings. The molecule has 38 heavy (non-hydrogen) atoms. The first-order valence-electron chi connectivity index (χ1n) is 15.2. The van der Waals surface area contributed by atoms with E-state index in [0.29, 0.717) is 36.5 Å². The van der Waals surface area contributed by atoms with E-state index in [1.807, 2.05) is 25.3 Å². The fourth-order valence-corrected chi connectivity index (χ4v) is 9.67. The normalized spacial score (nSPS) is 44.9. The summed E-state index contributed by atoms with van der Waals surface area (Å²) in [5.74, 6) is 3.31. The van der Waals surface area contributed by atoms with Gasteiger partial charge in [0.05, 0.1) is 12.7 Å². The Morgan fingerprint density at radius 2 is 1.79 bits per heavy atom. The van der Waals surface area contributed by atoms with E-state index in [1.165, 1.54) is 19.3 Å². The predicted molar refractivity (Wildman–Crippen MR) is 145 cm³/mol. The van der Waals surface area contributed by atoms with Gasteiger partial charge in [-0.3, -0.25) is 4.79 Å². The van der Waals surface area contributed by atoms with Crippen LogP contribution < -0.4 is 4.74 Å². The van der Waals surface area contributed by atoms with Gasteiger partial charge in [0.15, 0.2) is 0 Å². The maximum absolute atomic E-state index is 13.7. The monoisotopic (exact) mass is 527 g/mol. The molecular weight excluding hydrogens is 481 g/mol. The molecule has 0 spiro atoms. The fraction of sp³-hybridized carbons (Fsp3) is 0.781. The molecule has 5 aliphatic rings. The quantitative estimate of drug-likeness (QED) is 0.468. The zero-order chi connectivity index (χ0) is 26.5. The van der Waals surface area contributed by atoms with Crippen LogP contribution in [0.4, 0.5) is 4.39 Å². The lowest BCUT2D eigenvalue weighted by Crippen LogP contribution is -2.67. The Morgan fingerprint density at radius 1 is 0.974 bits per heavy atom. The van der Waals surface area contributed by atoms with Gasteiger partial charge in [-0.05, 0) is 106 Å². The van der Waals surface area contributed by atoms with Crippen LogP contribution in [0.25, 0.3) is 0 Å². The lowest BCUT2D eigenvalue weighted by molar-refractivity contribution is -0.191. The summed E-state index contributed by atoms with van der Waals surface area (Å²) >= 11 is 0. The number of nitrogens with zero attached hydrogens (tertiary/aromatic N) is 1. The number of ether oxygens (including phenoxy) is 3. The molecule has 0 bridgehead atoms. The largest absolute Gasteiger partial charge is 0.487 e. The van der Waals surface area contributed by atoms with Crippen LogP contribution in [0.15, 0.2) is 30.3 Å². The third-order valence-corrected chi connectivity index (χ3v) is 11.6. The van der Waals surface area contributed by atoms with E-state index in [4.69, 9.17) is 14.2 Å².